The minimum atomic E-state index is -3.86. The number of hydrogen-bond donors (Lipinski definition) is 1. The molecule has 2 aliphatic rings. The van der Waals surface area contributed by atoms with Gasteiger partial charge in [-0.05, 0) is 61.3 Å². The molecule has 0 atom stereocenters. The summed E-state index contributed by atoms with van der Waals surface area (Å²) in [7, 11) is -3.86. The Labute approximate surface area is 165 Å². The summed E-state index contributed by atoms with van der Waals surface area (Å²) >= 11 is 1.18. The maximum Gasteiger partial charge on any atom is 0.322 e. The summed E-state index contributed by atoms with van der Waals surface area (Å²) in [4.78, 5) is 13.7. The van der Waals surface area contributed by atoms with Gasteiger partial charge in [-0.3, -0.25) is 5.32 Å². The van der Waals surface area contributed by atoms with Crippen LogP contribution in [0.1, 0.15) is 25.7 Å². The highest BCUT2D eigenvalue weighted by Crippen LogP contribution is 2.55. The van der Waals surface area contributed by atoms with Gasteiger partial charge in [0.1, 0.15) is 16.6 Å². The molecule has 0 unspecified atom stereocenters. The van der Waals surface area contributed by atoms with Crippen LogP contribution in [-0.4, -0.2) is 41.6 Å². The summed E-state index contributed by atoms with van der Waals surface area (Å²) in [6.07, 6.45) is 3.63. The van der Waals surface area contributed by atoms with Crippen LogP contribution in [-0.2, 0) is 9.84 Å². The molecule has 10 heteroatoms. The average molecular weight is 427 g/mol. The zero-order chi connectivity index (χ0) is 19.9. The Hall–Kier alpha value is -2.07. The predicted molar refractivity (Wildman–Crippen MR) is 101 cm³/mol. The topological polar surface area (TPSA) is 79.4 Å². The Bertz CT molecular complexity index is 963. The zero-order valence-corrected chi connectivity index (χ0v) is 16.5. The number of piperidine rings is 1. The molecule has 1 saturated heterocycles. The van der Waals surface area contributed by atoms with Crippen molar-refractivity contribution in [1.29, 1.82) is 0 Å². The highest BCUT2D eigenvalue weighted by atomic mass is 32.2. The van der Waals surface area contributed by atoms with E-state index in [0.29, 0.717) is 49.8 Å². The Morgan fingerprint density at radius 3 is 2.36 bits per heavy atom. The fraction of sp³-hybridized carbons (Fsp3) is 0.444. The van der Waals surface area contributed by atoms with Gasteiger partial charge in [-0.15, -0.1) is 0 Å². The van der Waals surface area contributed by atoms with E-state index in [4.69, 9.17) is 0 Å². The molecular formula is C18H19F2N3O3S2. The van der Waals surface area contributed by atoms with Gasteiger partial charge in [-0.2, -0.15) is 4.37 Å². The van der Waals surface area contributed by atoms with Crippen LogP contribution in [0.15, 0.2) is 35.4 Å². The van der Waals surface area contributed by atoms with Crippen molar-refractivity contribution in [3.8, 4) is 0 Å². The fourth-order valence-electron chi connectivity index (χ4n) is 4.01. The van der Waals surface area contributed by atoms with E-state index in [9.17, 15) is 22.0 Å². The highest BCUT2D eigenvalue weighted by molar-refractivity contribution is 7.93. The summed E-state index contributed by atoms with van der Waals surface area (Å²) in [6, 6.07) is 3.91. The lowest BCUT2D eigenvalue weighted by atomic mass is 9.91. The standard InChI is InChI=1S/C18H19F2N3O3S2/c19-13-9-14(20)11-15(10-13)28(25,26)18(4-5-18)12-2-7-23(8-3-12)17(24)22-16-1-6-21-27-16/h1,6,9-12H,2-5,7-8H2,(H,22,24). The van der Waals surface area contributed by atoms with Crippen LogP contribution >= 0.6 is 11.5 Å². The zero-order valence-electron chi connectivity index (χ0n) is 14.9. The normalized spacial score (nSPS) is 19.4. The van der Waals surface area contributed by atoms with Crippen LogP contribution in [0.25, 0.3) is 0 Å². The molecule has 1 N–H and O–H groups in total. The van der Waals surface area contributed by atoms with Gasteiger partial charge in [0.05, 0.1) is 9.64 Å². The molecule has 1 aliphatic heterocycles. The van der Waals surface area contributed by atoms with Crippen LogP contribution in [0.4, 0.5) is 18.6 Å². The second-order valence-corrected chi connectivity index (χ2v) is 10.4. The molecule has 2 fully saturated rings. The number of sulfone groups is 1. The van der Waals surface area contributed by atoms with Crippen molar-refractivity contribution >= 4 is 32.4 Å². The third kappa shape index (κ3) is 3.39. The van der Waals surface area contributed by atoms with Gasteiger partial charge in [-0.1, -0.05) is 0 Å². The largest absolute Gasteiger partial charge is 0.324 e. The molecule has 2 aromatic rings. The number of anilines is 1. The first-order valence-corrected chi connectivity index (χ1v) is 11.2. The number of halogens is 2. The van der Waals surface area contributed by atoms with Crippen LogP contribution in [0.2, 0.25) is 0 Å². The van der Waals surface area contributed by atoms with Crippen molar-refractivity contribution in [2.45, 2.75) is 35.3 Å². The van der Waals surface area contributed by atoms with Crippen LogP contribution < -0.4 is 5.32 Å². The predicted octanol–water partition coefficient (Wildman–Crippen LogP) is 3.67. The summed E-state index contributed by atoms with van der Waals surface area (Å²) in [6.45, 7) is 0.869. The van der Waals surface area contributed by atoms with Gasteiger partial charge >= 0.3 is 6.03 Å². The molecule has 0 radical (unpaired) electrons. The van der Waals surface area contributed by atoms with Crippen molar-refractivity contribution < 1.29 is 22.0 Å². The lowest BCUT2D eigenvalue weighted by molar-refractivity contribution is 0.179. The van der Waals surface area contributed by atoms with E-state index >= 15 is 0 Å². The van der Waals surface area contributed by atoms with Gasteiger partial charge in [0.15, 0.2) is 9.84 Å². The summed E-state index contributed by atoms with van der Waals surface area (Å²) < 4.78 is 56.3. The van der Waals surface area contributed by atoms with E-state index < -0.39 is 26.2 Å². The number of likely N-dealkylation sites (tertiary alicyclic amines) is 1. The van der Waals surface area contributed by atoms with E-state index in [1.807, 2.05) is 0 Å². The number of carbonyl (C=O) groups excluding carboxylic acids is 1. The quantitative estimate of drug-likeness (QED) is 0.808. The lowest BCUT2D eigenvalue weighted by Crippen LogP contribution is -2.45. The van der Waals surface area contributed by atoms with Gasteiger partial charge < -0.3 is 4.90 Å². The smallest absolute Gasteiger partial charge is 0.322 e. The molecule has 0 bridgehead atoms. The van der Waals surface area contributed by atoms with E-state index in [-0.39, 0.29) is 16.8 Å². The number of benzene rings is 1. The second-order valence-electron chi connectivity index (χ2n) is 7.24. The Balaban J connectivity index is 1.46. The van der Waals surface area contributed by atoms with Crippen LogP contribution in [0.3, 0.4) is 0 Å². The first-order chi connectivity index (χ1) is 13.3. The number of amides is 2. The van der Waals surface area contributed by atoms with Gasteiger partial charge in [0.25, 0.3) is 0 Å². The third-order valence-electron chi connectivity index (χ3n) is 5.62. The maximum atomic E-state index is 13.5. The molecule has 1 aliphatic carbocycles. The molecular weight excluding hydrogens is 408 g/mol. The number of nitrogens with zero attached hydrogens (tertiary/aromatic N) is 2. The lowest BCUT2D eigenvalue weighted by Gasteiger charge is -2.36. The van der Waals surface area contributed by atoms with E-state index in [2.05, 4.69) is 9.69 Å². The Morgan fingerprint density at radius 1 is 1.18 bits per heavy atom. The van der Waals surface area contributed by atoms with Gasteiger partial charge in [0.2, 0.25) is 0 Å². The maximum absolute atomic E-state index is 13.5. The monoisotopic (exact) mass is 427 g/mol. The molecule has 6 nitrogen and oxygen atoms in total. The molecule has 1 aromatic carbocycles. The van der Waals surface area contributed by atoms with Crippen molar-refractivity contribution in [3.05, 3.63) is 42.1 Å². The van der Waals surface area contributed by atoms with Crippen molar-refractivity contribution in [2.24, 2.45) is 5.92 Å². The van der Waals surface area contributed by atoms with E-state index in [0.717, 1.165) is 12.1 Å². The van der Waals surface area contributed by atoms with Crippen LogP contribution in [0, 0.1) is 17.6 Å². The minimum absolute atomic E-state index is 0.142. The molecule has 0 spiro atoms. The van der Waals surface area contributed by atoms with Crippen molar-refractivity contribution in [2.75, 3.05) is 18.4 Å². The number of carbonyl (C=O) groups is 1. The SMILES string of the molecule is O=C(Nc1ccns1)N1CCC(C2(S(=O)(=O)c3cc(F)cc(F)c3)CC2)CC1. The first kappa shape index (κ1) is 19.3. The molecule has 1 aromatic heterocycles. The van der Waals surface area contributed by atoms with Crippen molar-refractivity contribution in [3.63, 3.8) is 0 Å². The summed E-state index contributed by atoms with van der Waals surface area (Å²) in [5.74, 6) is -1.94. The number of aromatic nitrogens is 1. The molecule has 150 valence electrons. The Morgan fingerprint density at radius 2 is 1.82 bits per heavy atom. The summed E-state index contributed by atoms with van der Waals surface area (Å²) in [5, 5.41) is 3.42. The molecule has 1 saturated carbocycles. The molecule has 28 heavy (non-hydrogen) atoms. The van der Waals surface area contributed by atoms with E-state index in [1.165, 1.54) is 11.5 Å². The fourth-order valence-corrected chi connectivity index (χ4v) is 6.82. The second kappa shape index (κ2) is 7.07. The third-order valence-corrected chi connectivity index (χ3v) is 8.95. The number of urea groups is 1. The van der Waals surface area contributed by atoms with Crippen LogP contribution in [0.5, 0.6) is 0 Å². The van der Waals surface area contributed by atoms with Crippen molar-refractivity contribution in [1.82, 2.24) is 9.27 Å². The Kier molecular flexibility index (Phi) is 4.86. The highest BCUT2D eigenvalue weighted by Gasteiger charge is 2.60. The average Bonchev–Trinajstić information content (AvgIpc) is 3.33. The minimum Gasteiger partial charge on any atom is -0.324 e. The number of nitrogens with one attached hydrogen (secondary N) is 1. The summed E-state index contributed by atoms with van der Waals surface area (Å²) in [5.41, 5.74) is 0. The number of hydrogen-bond acceptors (Lipinski definition) is 5. The molecule has 2 heterocycles. The van der Waals surface area contributed by atoms with E-state index in [1.54, 1.807) is 17.2 Å². The molecule has 4 rings (SSSR count). The van der Waals surface area contributed by atoms with Gasteiger partial charge in [-0.25, -0.2) is 22.0 Å². The first-order valence-electron chi connectivity index (χ1n) is 8.99. The number of rotatable bonds is 4. The van der Waals surface area contributed by atoms with Gasteiger partial charge in [0, 0.05) is 25.4 Å². The molecule has 2 amide bonds.